The molecule has 6 heteroatoms. The van der Waals surface area contributed by atoms with Crippen LogP contribution in [0.2, 0.25) is 0 Å². The van der Waals surface area contributed by atoms with E-state index >= 15 is 0 Å². The van der Waals surface area contributed by atoms with E-state index in [1.807, 2.05) is 55.5 Å². The Morgan fingerprint density at radius 2 is 1.55 bits per heavy atom. The molecule has 4 aromatic rings. The summed E-state index contributed by atoms with van der Waals surface area (Å²) in [5, 5.41) is 12.9. The normalized spacial score (nSPS) is 10.5. The fraction of sp³-hybridized carbons (Fsp3) is 0.120. The first kappa shape index (κ1) is 20.0. The number of carbonyl (C=O) groups excluding carboxylic acids is 1. The highest BCUT2D eigenvalue weighted by Gasteiger charge is 2.12. The van der Waals surface area contributed by atoms with Crippen LogP contribution in [0.5, 0.6) is 5.75 Å². The van der Waals surface area contributed by atoms with Gasteiger partial charge in [0, 0.05) is 12.0 Å². The van der Waals surface area contributed by atoms with Crippen molar-refractivity contribution in [3.8, 4) is 34.3 Å². The van der Waals surface area contributed by atoms with Gasteiger partial charge in [-0.05, 0) is 42.3 Å². The third kappa shape index (κ3) is 5.03. The second-order valence-corrected chi connectivity index (χ2v) is 7.07. The number of hydrogen-bond acceptors (Lipinski definition) is 6. The zero-order valence-corrected chi connectivity index (χ0v) is 16.9. The van der Waals surface area contributed by atoms with Crippen molar-refractivity contribution in [1.29, 1.82) is 5.26 Å². The van der Waals surface area contributed by atoms with Crippen LogP contribution < -0.4 is 4.74 Å². The predicted octanol–water partition coefficient (Wildman–Crippen LogP) is 5.12. The average molecular weight is 409 g/mol. The highest BCUT2D eigenvalue weighted by Crippen LogP contribution is 2.23. The quantitative estimate of drug-likeness (QED) is 0.324. The number of esters is 1. The van der Waals surface area contributed by atoms with Gasteiger partial charge in [-0.1, -0.05) is 59.3 Å². The lowest BCUT2D eigenvalue weighted by Gasteiger charge is -2.06. The van der Waals surface area contributed by atoms with Gasteiger partial charge in [0.05, 0.1) is 18.1 Å². The van der Waals surface area contributed by atoms with Gasteiger partial charge in [0.15, 0.2) is 0 Å². The molecule has 0 bridgehead atoms. The van der Waals surface area contributed by atoms with Gasteiger partial charge in [0.25, 0.3) is 0 Å². The van der Waals surface area contributed by atoms with Crippen LogP contribution in [0.25, 0.3) is 22.5 Å². The van der Waals surface area contributed by atoms with E-state index in [1.54, 1.807) is 24.3 Å². The van der Waals surface area contributed by atoms with E-state index in [0.717, 1.165) is 22.3 Å². The number of nitriles is 1. The Morgan fingerprint density at radius 3 is 2.19 bits per heavy atom. The molecule has 152 valence electrons. The fourth-order valence-corrected chi connectivity index (χ4v) is 3.02. The molecule has 0 radical (unpaired) electrons. The van der Waals surface area contributed by atoms with Crippen molar-refractivity contribution >= 4 is 5.97 Å². The van der Waals surface area contributed by atoms with E-state index < -0.39 is 0 Å². The van der Waals surface area contributed by atoms with Crippen molar-refractivity contribution in [3.63, 3.8) is 0 Å². The second kappa shape index (κ2) is 9.06. The van der Waals surface area contributed by atoms with Crippen molar-refractivity contribution in [2.24, 2.45) is 0 Å². The van der Waals surface area contributed by atoms with Crippen molar-refractivity contribution in [2.75, 3.05) is 0 Å². The number of benzene rings is 3. The fourth-order valence-electron chi connectivity index (χ4n) is 3.02. The maximum absolute atomic E-state index is 12.2. The minimum Gasteiger partial charge on any atom is -0.427 e. The largest absolute Gasteiger partial charge is 0.427 e. The summed E-state index contributed by atoms with van der Waals surface area (Å²) in [6, 6.07) is 24.5. The Morgan fingerprint density at radius 1 is 0.935 bits per heavy atom. The SMILES string of the molecule is Cc1ccc(-c2noc(CCC(=O)Oc3ccc(-c4ccc(C#N)cc4)cc3)n2)cc1. The summed E-state index contributed by atoms with van der Waals surface area (Å²) < 4.78 is 10.6. The van der Waals surface area contributed by atoms with Crippen LogP contribution >= 0.6 is 0 Å². The van der Waals surface area contributed by atoms with Crippen LogP contribution in [0, 0.1) is 18.3 Å². The molecule has 0 saturated carbocycles. The van der Waals surface area contributed by atoms with Crippen molar-refractivity contribution in [1.82, 2.24) is 10.1 Å². The number of carbonyl (C=O) groups is 1. The van der Waals surface area contributed by atoms with Crippen LogP contribution in [-0.4, -0.2) is 16.1 Å². The summed E-state index contributed by atoms with van der Waals surface area (Å²) in [7, 11) is 0. The minimum atomic E-state index is -0.374. The van der Waals surface area contributed by atoms with Crippen LogP contribution in [-0.2, 0) is 11.2 Å². The zero-order valence-electron chi connectivity index (χ0n) is 16.9. The molecule has 31 heavy (non-hydrogen) atoms. The van der Waals surface area contributed by atoms with Gasteiger partial charge >= 0.3 is 5.97 Å². The summed E-state index contributed by atoms with van der Waals surface area (Å²) in [6.07, 6.45) is 0.438. The first-order chi connectivity index (χ1) is 15.1. The summed E-state index contributed by atoms with van der Waals surface area (Å²) in [6.45, 7) is 2.01. The van der Waals surface area contributed by atoms with E-state index in [1.165, 1.54) is 0 Å². The van der Waals surface area contributed by atoms with Crippen molar-refractivity contribution in [3.05, 3.63) is 89.8 Å². The van der Waals surface area contributed by atoms with Crippen LogP contribution in [0.4, 0.5) is 0 Å². The first-order valence-corrected chi connectivity index (χ1v) is 9.81. The molecule has 1 aromatic heterocycles. The van der Waals surface area contributed by atoms with Crippen LogP contribution in [0.3, 0.4) is 0 Å². The highest BCUT2D eigenvalue weighted by molar-refractivity contribution is 5.73. The molecule has 0 fully saturated rings. The number of hydrogen-bond donors (Lipinski definition) is 0. The Balaban J connectivity index is 1.32. The molecule has 0 aliphatic rings. The molecular formula is C25H19N3O3. The second-order valence-electron chi connectivity index (χ2n) is 7.07. The summed E-state index contributed by atoms with van der Waals surface area (Å²) in [4.78, 5) is 16.5. The maximum Gasteiger partial charge on any atom is 0.311 e. The number of rotatable bonds is 6. The molecule has 0 aliphatic carbocycles. The molecule has 0 N–H and O–H groups in total. The Hall–Kier alpha value is -4.24. The van der Waals surface area contributed by atoms with E-state index in [-0.39, 0.29) is 12.4 Å². The molecule has 0 spiro atoms. The molecule has 0 aliphatic heterocycles. The molecule has 6 nitrogen and oxygen atoms in total. The highest BCUT2D eigenvalue weighted by atomic mass is 16.5. The van der Waals surface area contributed by atoms with Gasteiger partial charge in [-0.2, -0.15) is 10.2 Å². The van der Waals surface area contributed by atoms with E-state index in [9.17, 15) is 4.79 Å². The molecule has 4 rings (SSSR count). The van der Waals surface area contributed by atoms with Gasteiger partial charge in [-0.15, -0.1) is 0 Å². The third-order valence-corrected chi connectivity index (χ3v) is 4.75. The predicted molar refractivity (Wildman–Crippen MR) is 115 cm³/mol. The Bertz CT molecular complexity index is 1220. The summed E-state index contributed by atoms with van der Waals surface area (Å²) in [5.74, 6) is 0.986. The van der Waals surface area contributed by atoms with E-state index in [0.29, 0.717) is 29.4 Å². The molecular weight excluding hydrogens is 390 g/mol. The van der Waals surface area contributed by atoms with Gasteiger partial charge in [0.1, 0.15) is 5.75 Å². The summed E-state index contributed by atoms with van der Waals surface area (Å²) >= 11 is 0. The lowest BCUT2D eigenvalue weighted by atomic mass is 10.0. The van der Waals surface area contributed by atoms with Crippen LogP contribution in [0.1, 0.15) is 23.4 Å². The number of aryl methyl sites for hydroxylation is 2. The third-order valence-electron chi connectivity index (χ3n) is 4.75. The summed E-state index contributed by atoms with van der Waals surface area (Å²) in [5.41, 5.74) is 4.59. The first-order valence-electron chi connectivity index (χ1n) is 9.81. The van der Waals surface area contributed by atoms with Gasteiger partial charge in [0.2, 0.25) is 11.7 Å². The van der Waals surface area contributed by atoms with Crippen LogP contribution in [0.15, 0.2) is 77.3 Å². The van der Waals surface area contributed by atoms with Gasteiger partial charge in [-0.3, -0.25) is 4.79 Å². The van der Waals surface area contributed by atoms with Gasteiger partial charge < -0.3 is 9.26 Å². The molecule has 1 heterocycles. The zero-order chi connectivity index (χ0) is 21.6. The molecule has 0 saturated heterocycles. The number of nitrogens with zero attached hydrogens (tertiary/aromatic N) is 3. The monoisotopic (exact) mass is 409 g/mol. The van der Waals surface area contributed by atoms with E-state index in [2.05, 4.69) is 16.2 Å². The van der Waals surface area contributed by atoms with Gasteiger partial charge in [-0.25, -0.2) is 0 Å². The van der Waals surface area contributed by atoms with Crippen molar-refractivity contribution < 1.29 is 14.1 Å². The number of aromatic nitrogens is 2. The molecule has 0 atom stereocenters. The smallest absolute Gasteiger partial charge is 0.311 e. The minimum absolute atomic E-state index is 0.132. The maximum atomic E-state index is 12.2. The molecule has 3 aromatic carbocycles. The molecule has 0 unspecified atom stereocenters. The number of ether oxygens (including phenoxy) is 1. The van der Waals surface area contributed by atoms with E-state index in [4.69, 9.17) is 14.5 Å². The average Bonchev–Trinajstić information content (AvgIpc) is 3.28. The Kier molecular flexibility index (Phi) is 5.86. The lowest BCUT2D eigenvalue weighted by molar-refractivity contribution is -0.134. The Labute approximate surface area is 179 Å². The topological polar surface area (TPSA) is 89.0 Å². The lowest BCUT2D eigenvalue weighted by Crippen LogP contribution is -2.09. The molecule has 0 amide bonds. The standard InChI is InChI=1S/C25H19N3O3/c1-17-2-6-21(7-3-17)25-27-23(31-28-25)14-15-24(29)30-22-12-10-20(11-13-22)19-8-4-18(16-26)5-9-19/h2-13H,14-15H2,1H3. The van der Waals surface area contributed by atoms with Crippen molar-refractivity contribution in [2.45, 2.75) is 19.8 Å².